The molecule has 1 saturated heterocycles. The van der Waals surface area contributed by atoms with Crippen molar-refractivity contribution < 1.29 is 4.79 Å². The molecule has 0 spiro atoms. The molecule has 0 aliphatic carbocycles. The number of aliphatic imine (C=N–C) groups is 1. The van der Waals surface area contributed by atoms with E-state index >= 15 is 0 Å². The van der Waals surface area contributed by atoms with E-state index in [0.29, 0.717) is 13.0 Å². The van der Waals surface area contributed by atoms with Gasteiger partial charge in [0, 0.05) is 50.4 Å². The van der Waals surface area contributed by atoms with Crippen LogP contribution in [0.15, 0.2) is 59.6 Å². The van der Waals surface area contributed by atoms with Gasteiger partial charge in [-0.25, -0.2) is 0 Å². The highest BCUT2D eigenvalue weighted by molar-refractivity contribution is 14.0. The van der Waals surface area contributed by atoms with Gasteiger partial charge in [0.15, 0.2) is 5.96 Å². The zero-order chi connectivity index (χ0) is 22.3. The molecule has 7 heteroatoms. The second kappa shape index (κ2) is 12.2. The third-order valence-corrected chi connectivity index (χ3v) is 5.61. The maximum Gasteiger partial charge on any atom is 0.227 e. The lowest BCUT2D eigenvalue weighted by atomic mass is 10.0. The van der Waals surface area contributed by atoms with Crippen LogP contribution in [0.3, 0.4) is 0 Å². The quantitative estimate of drug-likeness (QED) is 0.262. The SMILES string of the molecule is CN=C(NCc1ccc(N2CCCC2=O)cc1)NCC(C)(C)NC(C)c1ccccc1.I. The molecular formula is C25H36IN5O. The van der Waals surface area contributed by atoms with Gasteiger partial charge in [0.05, 0.1) is 0 Å². The highest BCUT2D eigenvalue weighted by Gasteiger charge is 2.22. The van der Waals surface area contributed by atoms with Crippen LogP contribution in [-0.2, 0) is 11.3 Å². The monoisotopic (exact) mass is 549 g/mol. The van der Waals surface area contributed by atoms with E-state index in [4.69, 9.17) is 0 Å². The number of carbonyl (C=O) groups is 1. The largest absolute Gasteiger partial charge is 0.355 e. The predicted octanol–water partition coefficient (Wildman–Crippen LogP) is 4.23. The molecule has 2 aromatic carbocycles. The standard InChI is InChI=1S/C25H35N5O.HI/c1-19(21-9-6-5-7-10-21)29-25(2,3)18-28-24(26-4)27-17-20-12-14-22(15-13-20)30-16-8-11-23(30)31;/h5-7,9-10,12-15,19,29H,8,11,16-18H2,1-4H3,(H2,26,27,28);1H. The van der Waals surface area contributed by atoms with E-state index in [9.17, 15) is 4.79 Å². The molecule has 3 N–H and O–H groups in total. The first-order valence-corrected chi connectivity index (χ1v) is 11.0. The number of hydrogen-bond donors (Lipinski definition) is 3. The summed E-state index contributed by atoms with van der Waals surface area (Å²) in [5.41, 5.74) is 3.29. The molecule has 1 atom stereocenters. The van der Waals surface area contributed by atoms with E-state index in [-0.39, 0.29) is 41.5 Å². The Balaban J connectivity index is 0.00000363. The van der Waals surface area contributed by atoms with E-state index in [1.54, 1.807) is 7.05 Å². The fraction of sp³-hybridized carbons (Fsp3) is 0.440. The van der Waals surface area contributed by atoms with Crippen molar-refractivity contribution in [3.8, 4) is 0 Å². The van der Waals surface area contributed by atoms with Crippen molar-refractivity contribution in [3.63, 3.8) is 0 Å². The van der Waals surface area contributed by atoms with Crippen molar-refractivity contribution in [2.24, 2.45) is 4.99 Å². The average molecular weight is 550 g/mol. The van der Waals surface area contributed by atoms with Crippen LogP contribution in [0.25, 0.3) is 0 Å². The number of halogens is 1. The molecule has 0 saturated carbocycles. The molecule has 1 fully saturated rings. The van der Waals surface area contributed by atoms with Crippen LogP contribution in [0.1, 0.15) is 50.8 Å². The topological polar surface area (TPSA) is 68.8 Å². The van der Waals surface area contributed by atoms with Gasteiger partial charge in [-0.1, -0.05) is 42.5 Å². The van der Waals surface area contributed by atoms with Crippen LogP contribution in [0.4, 0.5) is 5.69 Å². The number of nitrogens with one attached hydrogen (secondary N) is 3. The summed E-state index contributed by atoms with van der Waals surface area (Å²) in [5, 5.41) is 10.5. The first-order valence-electron chi connectivity index (χ1n) is 11.0. The molecule has 32 heavy (non-hydrogen) atoms. The second-order valence-electron chi connectivity index (χ2n) is 8.76. The third kappa shape index (κ3) is 7.48. The Labute approximate surface area is 209 Å². The zero-order valence-electron chi connectivity index (χ0n) is 19.5. The Kier molecular flexibility index (Phi) is 9.96. The Morgan fingerprint density at radius 1 is 1.09 bits per heavy atom. The molecule has 0 bridgehead atoms. The molecule has 6 nitrogen and oxygen atoms in total. The van der Waals surface area contributed by atoms with Crippen molar-refractivity contribution >= 4 is 41.5 Å². The van der Waals surface area contributed by atoms with Gasteiger partial charge in [0.2, 0.25) is 5.91 Å². The fourth-order valence-corrected chi connectivity index (χ4v) is 3.89. The number of hydrogen-bond acceptors (Lipinski definition) is 3. The van der Waals surface area contributed by atoms with E-state index in [1.807, 2.05) is 23.1 Å². The molecule has 0 aromatic heterocycles. The fourth-order valence-electron chi connectivity index (χ4n) is 3.89. The minimum Gasteiger partial charge on any atom is -0.355 e. The van der Waals surface area contributed by atoms with Crippen LogP contribution in [0.2, 0.25) is 0 Å². The second-order valence-corrected chi connectivity index (χ2v) is 8.76. The summed E-state index contributed by atoms with van der Waals surface area (Å²) in [7, 11) is 1.78. The number of rotatable bonds is 8. The van der Waals surface area contributed by atoms with Gasteiger partial charge in [-0.15, -0.1) is 24.0 Å². The van der Waals surface area contributed by atoms with Gasteiger partial charge < -0.3 is 20.9 Å². The lowest BCUT2D eigenvalue weighted by molar-refractivity contribution is -0.117. The van der Waals surface area contributed by atoms with Crippen LogP contribution < -0.4 is 20.9 Å². The van der Waals surface area contributed by atoms with Crippen molar-refractivity contribution in [1.82, 2.24) is 16.0 Å². The highest BCUT2D eigenvalue weighted by Crippen LogP contribution is 2.21. The van der Waals surface area contributed by atoms with Crippen molar-refractivity contribution in [2.45, 2.75) is 51.7 Å². The van der Waals surface area contributed by atoms with E-state index in [0.717, 1.165) is 36.7 Å². The van der Waals surface area contributed by atoms with Crippen LogP contribution in [0, 0.1) is 0 Å². The summed E-state index contributed by atoms with van der Waals surface area (Å²) in [4.78, 5) is 18.1. The van der Waals surface area contributed by atoms with Crippen LogP contribution in [0.5, 0.6) is 0 Å². The average Bonchev–Trinajstić information content (AvgIpc) is 3.20. The van der Waals surface area contributed by atoms with Gasteiger partial charge in [-0.3, -0.25) is 9.79 Å². The van der Waals surface area contributed by atoms with E-state index in [1.165, 1.54) is 5.56 Å². The molecule has 1 unspecified atom stereocenters. The molecule has 2 aromatic rings. The first kappa shape index (κ1) is 26.1. The summed E-state index contributed by atoms with van der Waals surface area (Å²) in [6.07, 6.45) is 1.60. The number of carbonyl (C=O) groups excluding carboxylic acids is 1. The van der Waals surface area contributed by atoms with Gasteiger partial charge in [0.1, 0.15) is 0 Å². The number of benzene rings is 2. The van der Waals surface area contributed by atoms with Crippen LogP contribution >= 0.6 is 24.0 Å². The molecule has 0 radical (unpaired) electrons. The molecule has 174 valence electrons. The molecule has 1 heterocycles. The molecule has 1 aliphatic rings. The summed E-state index contributed by atoms with van der Waals surface area (Å²) in [6, 6.07) is 18.9. The number of amides is 1. The molecular weight excluding hydrogens is 513 g/mol. The summed E-state index contributed by atoms with van der Waals surface area (Å²) in [5.74, 6) is 0.981. The lowest BCUT2D eigenvalue weighted by Gasteiger charge is -2.31. The summed E-state index contributed by atoms with van der Waals surface area (Å²) < 4.78 is 0. The van der Waals surface area contributed by atoms with Crippen molar-refractivity contribution in [3.05, 3.63) is 65.7 Å². The summed E-state index contributed by atoms with van der Waals surface area (Å²) in [6.45, 7) is 8.78. The zero-order valence-corrected chi connectivity index (χ0v) is 21.9. The minimum atomic E-state index is -0.114. The first-order chi connectivity index (χ1) is 14.9. The van der Waals surface area contributed by atoms with Gasteiger partial charge in [0.25, 0.3) is 0 Å². The maximum absolute atomic E-state index is 11.9. The molecule has 3 rings (SSSR count). The Hall–Kier alpha value is -2.13. The molecule has 1 amide bonds. The maximum atomic E-state index is 11.9. The number of nitrogens with zero attached hydrogens (tertiary/aromatic N) is 2. The van der Waals surface area contributed by atoms with E-state index in [2.05, 4.69) is 78.1 Å². The third-order valence-electron chi connectivity index (χ3n) is 5.61. The highest BCUT2D eigenvalue weighted by atomic mass is 127. The van der Waals surface area contributed by atoms with Gasteiger partial charge in [-0.2, -0.15) is 0 Å². The normalized spacial score (nSPS) is 15.3. The van der Waals surface area contributed by atoms with Crippen molar-refractivity contribution in [1.29, 1.82) is 0 Å². The number of anilines is 1. The minimum absolute atomic E-state index is 0. The Morgan fingerprint density at radius 2 is 1.78 bits per heavy atom. The van der Waals surface area contributed by atoms with Gasteiger partial charge >= 0.3 is 0 Å². The van der Waals surface area contributed by atoms with Crippen molar-refractivity contribution in [2.75, 3.05) is 25.0 Å². The van der Waals surface area contributed by atoms with Gasteiger partial charge in [-0.05, 0) is 50.5 Å². The number of guanidine groups is 1. The lowest BCUT2D eigenvalue weighted by Crippen LogP contribution is -2.52. The summed E-state index contributed by atoms with van der Waals surface area (Å²) >= 11 is 0. The van der Waals surface area contributed by atoms with Crippen LogP contribution in [-0.4, -0.2) is 37.5 Å². The Bertz CT molecular complexity index is 883. The predicted molar refractivity (Wildman–Crippen MR) is 144 cm³/mol. The molecule has 1 aliphatic heterocycles. The smallest absolute Gasteiger partial charge is 0.227 e. The van der Waals surface area contributed by atoms with E-state index < -0.39 is 0 Å². The Morgan fingerprint density at radius 3 is 2.38 bits per heavy atom.